The Kier molecular flexibility index (Phi) is 9.57. The van der Waals surface area contributed by atoms with Crippen LogP contribution in [0.1, 0.15) is 33.1 Å². The average molecular weight is 240 g/mol. The molecule has 2 rings (SSSR count). The number of hydrogen-bond acceptors (Lipinski definition) is 1. The molecular weight excluding hydrogens is 213 g/mol. The van der Waals surface area contributed by atoms with Crippen molar-refractivity contribution in [3.8, 4) is 0 Å². The molecule has 92 valence electrons. The van der Waals surface area contributed by atoms with Gasteiger partial charge in [-0.15, -0.1) is 0 Å². The first kappa shape index (κ1) is 15.6. The maximum atomic E-state index is 5.99. The average Bonchev–Trinajstić information content (AvgIpc) is 2.34. The van der Waals surface area contributed by atoms with Crippen molar-refractivity contribution in [2.24, 2.45) is 5.50 Å². The lowest BCUT2D eigenvalue weighted by atomic mass is 10.3. The van der Waals surface area contributed by atoms with E-state index in [-0.39, 0.29) is 0 Å². The van der Waals surface area contributed by atoms with E-state index in [9.17, 15) is 0 Å². The fourth-order valence-corrected chi connectivity index (χ4v) is 3.74. The minimum Gasteiger partial charge on any atom is -0.205 e. The first-order chi connectivity index (χ1) is 7.71. The number of nitrogens with two attached hydrogens (primary N) is 1. The van der Waals surface area contributed by atoms with E-state index >= 15 is 0 Å². The van der Waals surface area contributed by atoms with E-state index in [0.29, 0.717) is 0 Å². The number of benzene rings is 1. The molecule has 1 aromatic rings. The smallest absolute Gasteiger partial charge is 0.0744 e. The van der Waals surface area contributed by atoms with Crippen molar-refractivity contribution in [1.29, 1.82) is 0 Å². The zero-order valence-corrected chi connectivity index (χ0v) is 11.9. The molecule has 0 aliphatic carbocycles. The van der Waals surface area contributed by atoms with E-state index in [4.69, 9.17) is 5.50 Å². The lowest BCUT2D eigenvalue weighted by Crippen LogP contribution is -2.15. The standard InChI is InChI=1S/C6H15NP.C6H6.C2H6/c1-8(7)5-3-2-4-6-8;1-2-4-6-5-3-1;1-2/h2-7H2,1H3;1-6H;1-2H3/q+1;;. The predicted molar refractivity (Wildman–Crippen MR) is 78.4 cm³/mol. The Morgan fingerprint density at radius 2 is 1.06 bits per heavy atom. The highest BCUT2D eigenvalue weighted by molar-refractivity contribution is 7.72. The Hall–Kier alpha value is -0.390. The van der Waals surface area contributed by atoms with Crippen molar-refractivity contribution in [2.45, 2.75) is 33.1 Å². The summed E-state index contributed by atoms with van der Waals surface area (Å²) in [5, 5.41) is 0. The highest BCUT2D eigenvalue weighted by Crippen LogP contribution is 2.50. The summed E-state index contributed by atoms with van der Waals surface area (Å²) in [5.41, 5.74) is 5.99. The molecule has 1 nitrogen and oxygen atoms in total. The van der Waals surface area contributed by atoms with Crippen molar-refractivity contribution < 1.29 is 0 Å². The Morgan fingerprint density at radius 1 is 0.750 bits per heavy atom. The van der Waals surface area contributed by atoms with Crippen LogP contribution in [0.2, 0.25) is 0 Å². The molecule has 0 amide bonds. The van der Waals surface area contributed by atoms with Crippen LogP contribution in [0.4, 0.5) is 0 Å². The largest absolute Gasteiger partial charge is 0.205 e. The Balaban J connectivity index is 0.000000251. The Bertz CT molecular complexity index is 199. The van der Waals surface area contributed by atoms with Gasteiger partial charge in [0, 0.05) is 0 Å². The third-order valence-corrected chi connectivity index (χ3v) is 5.18. The molecule has 1 fully saturated rings. The molecular formula is C14H27NP+. The molecule has 0 atom stereocenters. The predicted octanol–water partition coefficient (Wildman–Crippen LogP) is 4.40. The second-order valence-corrected chi connectivity index (χ2v) is 8.00. The van der Waals surface area contributed by atoms with Crippen molar-refractivity contribution in [2.75, 3.05) is 19.0 Å². The van der Waals surface area contributed by atoms with Crippen molar-refractivity contribution in [3.63, 3.8) is 0 Å². The van der Waals surface area contributed by atoms with Gasteiger partial charge in [0.15, 0.2) is 0 Å². The molecule has 1 aromatic carbocycles. The van der Waals surface area contributed by atoms with Gasteiger partial charge >= 0.3 is 0 Å². The van der Waals surface area contributed by atoms with Crippen LogP contribution in [0.25, 0.3) is 0 Å². The fraction of sp³-hybridized carbons (Fsp3) is 0.571. The van der Waals surface area contributed by atoms with E-state index < -0.39 is 7.41 Å². The van der Waals surface area contributed by atoms with E-state index in [0.717, 1.165) is 0 Å². The summed E-state index contributed by atoms with van der Waals surface area (Å²) in [6.45, 7) is 6.27. The van der Waals surface area contributed by atoms with Crippen LogP contribution < -0.4 is 5.50 Å². The van der Waals surface area contributed by atoms with E-state index in [1.165, 1.54) is 31.6 Å². The zero-order valence-electron chi connectivity index (χ0n) is 11.0. The molecule has 0 aromatic heterocycles. The fourth-order valence-electron chi connectivity index (χ4n) is 1.62. The highest BCUT2D eigenvalue weighted by Gasteiger charge is 2.27. The molecule has 0 radical (unpaired) electrons. The van der Waals surface area contributed by atoms with Crippen molar-refractivity contribution >= 4 is 7.41 Å². The third kappa shape index (κ3) is 8.88. The molecule has 1 aliphatic heterocycles. The summed E-state index contributed by atoms with van der Waals surface area (Å²) in [5.74, 6) is 0. The van der Waals surface area contributed by atoms with Gasteiger partial charge in [-0.05, 0) is 19.3 Å². The van der Waals surface area contributed by atoms with E-state index in [2.05, 4.69) is 6.66 Å². The van der Waals surface area contributed by atoms with Gasteiger partial charge in [0.25, 0.3) is 0 Å². The normalized spacial score (nSPS) is 17.2. The van der Waals surface area contributed by atoms with Gasteiger partial charge in [0.05, 0.1) is 26.4 Å². The molecule has 0 spiro atoms. The second kappa shape index (κ2) is 9.81. The van der Waals surface area contributed by atoms with Gasteiger partial charge < -0.3 is 0 Å². The summed E-state index contributed by atoms with van der Waals surface area (Å²) in [4.78, 5) is 0. The van der Waals surface area contributed by atoms with Gasteiger partial charge in [-0.25, -0.2) is 5.50 Å². The van der Waals surface area contributed by atoms with E-state index in [1.54, 1.807) is 0 Å². The molecule has 0 unspecified atom stereocenters. The first-order valence-corrected chi connectivity index (χ1v) is 9.01. The van der Waals surface area contributed by atoms with Crippen LogP contribution in [0.5, 0.6) is 0 Å². The topological polar surface area (TPSA) is 26.0 Å². The summed E-state index contributed by atoms with van der Waals surface area (Å²) < 4.78 is 0. The van der Waals surface area contributed by atoms with Gasteiger partial charge in [-0.2, -0.15) is 0 Å². The maximum Gasteiger partial charge on any atom is 0.0744 e. The van der Waals surface area contributed by atoms with E-state index in [1.807, 2.05) is 50.2 Å². The van der Waals surface area contributed by atoms with Gasteiger partial charge in [-0.3, -0.25) is 0 Å². The van der Waals surface area contributed by atoms with Gasteiger partial charge in [0.1, 0.15) is 0 Å². The maximum absolute atomic E-state index is 5.99. The monoisotopic (exact) mass is 240 g/mol. The minimum atomic E-state index is -0.837. The van der Waals surface area contributed by atoms with Crippen molar-refractivity contribution in [3.05, 3.63) is 36.4 Å². The minimum absolute atomic E-state index is 0.837. The molecule has 1 heterocycles. The van der Waals surface area contributed by atoms with Crippen LogP contribution in [-0.4, -0.2) is 19.0 Å². The van der Waals surface area contributed by atoms with Crippen LogP contribution in [0, 0.1) is 0 Å². The summed E-state index contributed by atoms with van der Waals surface area (Å²) in [7, 11) is -0.837. The summed E-state index contributed by atoms with van der Waals surface area (Å²) >= 11 is 0. The molecule has 2 N–H and O–H groups in total. The van der Waals surface area contributed by atoms with Gasteiger partial charge in [0.2, 0.25) is 0 Å². The van der Waals surface area contributed by atoms with Crippen LogP contribution in [-0.2, 0) is 0 Å². The third-order valence-electron chi connectivity index (χ3n) is 2.50. The molecule has 2 heteroatoms. The van der Waals surface area contributed by atoms with Crippen LogP contribution in [0.3, 0.4) is 0 Å². The summed E-state index contributed by atoms with van der Waals surface area (Å²) in [6.07, 6.45) is 6.88. The SMILES string of the molecule is CC.C[P+]1(N)CCCCC1.c1ccccc1. The first-order valence-electron chi connectivity index (χ1n) is 6.34. The molecule has 16 heavy (non-hydrogen) atoms. The molecule has 0 bridgehead atoms. The quantitative estimate of drug-likeness (QED) is 0.668. The lowest BCUT2D eigenvalue weighted by Gasteiger charge is -2.21. The zero-order chi connectivity index (χ0) is 12.3. The molecule has 0 saturated carbocycles. The van der Waals surface area contributed by atoms with Crippen LogP contribution >= 0.6 is 7.41 Å². The summed E-state index contributed by atoms with van der Waals surface area (Å²) in [6, 6.07) is 12.0. The van der Waals surface area contributed by atoms with Gasteiger partial charge in [-0.1, -0.05) is 50.2 Å². The lowest BCUT2D eigenvalue weighted by molar-refractivity contribution is 0.745. The molecule has 1 saturated heterocycles. The number of rotatable bonds is 0. The van der Waals surface area contributed by atoms with Crippen LogP contribution in [0.15, 0.2) is 36.4 Å². The second-order valence-electron chi connectivity index (χ2n) is 4.14. The van der Waals surface area contributed by atoms with Crippen molar-refractivity contribution in [1.82, 2.24) is 0 Å². The highest BCUT2D eigenvalue weighted by atomic mass is 31.2. The Morgan fingerprint density at radius 3 is 1.25 bits per heavy atom. The number of hydrogen-bond donors (Lipinski definition) is 1. The molecule has 1 aliphatic rings. The Labute approximate surface area is 102 Å².